The summed E-state index contributed by atoms with van der Waals surface area (Å²) in [5.74, 6) is 3.22. The van der Waals surface area contributed by atoms with Gasteiger partial charge in [-0.2, -0.15) is 0 Å². The standard InChI is InChI=1S/C22H29N5O/c1-13-9-16(5-7-24-12-13)20-15(3)22(26-18-6-8-28-21(18)20)27-19-11-17(23-4)10-14(2)25-19/h5,10-11,13,24H,6-9,12H2,1-4H3,(H2,23,25,26,27)/t13-/m1/s1. The first-order chi connectivity index (χ1) is 13.5. The largest absolute Gasteiger partial charge is 0.491 e. The van der Waals surface area contributed by atoms with Crippen molar-refractivity contribution in [3.8, 4) is 5.75 Å². The lowest BCUT2D eigenvalue weighted by Gasteiger charge is -2.19. The number of anilines is 3. The van der Waals surface area contributed by atoms with E-state index in [4.69, 9.17) is 9.72 Å². The first-order valence-electron chi connectivity index (χ1n) is 10.0. The van der Waals surface area contributed by atoms with Gasteiger partial charge >= 0.3 is 0 Å². The first-order valence-corrected chi connectivity index (χ1v) is 10.0. The Balaban J connectivity index is 1.77. The number of allylic oxidation sites excluding steroid dienone is 1. The number of aryl methyl sites for hydroxylation is 1. The second-order valence-corrected chi connectivity index (χ2v) is 7.79. The summed E-state index contributed by atoms with van der Waals surface area (Å²) in [6.45, 7) is 9.05. The van der Waals surface area contributed by atoms with Crippen LogP contribution in [0.5, 0.6) is 5.75 Å². The van der Waals surface area contributed by atoms with Gasteiger partial charge in [-0.25, -0.2) is 9.97 Å². The van der Waals surface area contributed by atoms with E-state index in [2.05, 4.69) is 40.9 Å². The van der Waals surface area contributed by atoms with Gasteiger partial charge in [0.15, 0.2) is 0 Å². The Morgan fingerprint density at radius 3 is 2.89 bits per heavy atom. The number of ether oxygens (including phenoxy) is 1. The van der Waals surface area contributed by atoms with E-state index >= 15 is 0 Å². The fourth-order valence-electron chi connectivity index (χ4n) is 4.04. The minimum Gasteiger partial charge on any atom is -0.491 e. The summed E-state index contributed by atoms with van der Waals surface area (Å²) in [6, 6.07) is 4.03. The van der Waals surface area contributed by atoms with Crippen molar-refractivity contribution in [3.05, 3.63) is 40.7 Å². The molecule has 0 spiro atoms. The normalized spacial score (nSPS) is 18.7. The van der Waals surface area contributed by atoms with E-state index in [-0.39, 0.29) is 0 Å². The number of aromatic nitrogens is 2. The number of nitrogens with one attached hydrogen (secondary N) is 3. The third-order valence-corrected chi connectivity index (χ3v) is 5.42. The average Bonchev–Trinajstić information content (AvgIpc) is 3.01. The maximum atomic E-state index is 6.02. The zero-order valence-electron chi connectivity index (χ0n) is 17.1. The molecule has 0 unspecified atom stereocenters. The monoisotopic (exact) mass is 379 g/mol. The summed E-state index contributed by atoms with van der Waals surface area (Å²) in [5.41, 5.74) is 6.71. The Labute approximate surface area is 166 Å². The van der Waals surface area contributed by atoms with Crippen LogP contribution in [0, 0.1) is 19.8 Å². The minimum absolute atomic E-state index is 0.589. The molecular weight excluding hydrogens is 350 g/mol. The summed E-state index contributed by atoms with van der Waals surface area (Å²) in [7, 11) is 1.92. The predicted octanol–water partition coefficient (Wildman–Crippen LogP) is 3.83. The fraction of sp³-hybridized carbons (Fsp3) is 0.455. The van der Waals surface area contributed by atoms with Gasteiger partial charge < -0.3 is 20.7 Å². The molecule has 148 valence electrons. The fourth-order valence-corrected chi connectivity index (χ4v) is 4.04. The van der Waals surface area contributed by atoms with Crippen LogP contribution in [-0.4, -0.2) is 36.7 Å². The van der Waals surface area contributed by atoms with E-state index in [1.165, 1.54) is 11.1 Å². The molecule has 0 radical (unpaired) electrons. The van der Waals surface area contributed by atoms with Gasteiger partial charge in [0.25, 0.3) is 0 Å². The second-order valence-electron chi connectivity index (χ2n) is 7.79. The van der Waals surface area contributed by atoms with Gasteiger partial charge in [0, 0.05) is 48.6 Å². The van der Waals surface area contributed by atoms with Crippen molar-refractivity contribution in [1.29, 1.82) is 0 Å². The van der Waals surface area contributed by atoms with E-state index in [9.17, 15) is 0 Å². The van der Waals surface area contributed by atoms with E-state index in [0.717, 1.165) is 66.0 Å². The van der Waals surface area contributed by atoms with Gasteiger partial charge in [0.05, 0.1) is 12.3 Å². The van der Waals surface area contributed by atoms with Crippen molar-refractivity contribution in [2.45, 2.75) is 33.6 Å². The van der Waals surface area contributed by atoms with Crippen molar-refractivity contribution in [3.63, 3.8) is 0 Å². The van der Waals surface area contributed by atoms with Crippen LogP contribution in [0.15, 0.2) is 18.2 Å². The van der Waals surface area contributed by atoms with Crippen LogP contribution in [0.3, 0.4) is 0 Å². The van der Waals surface area contributed by atoms with Crippen LogP contribution in [-0.2, 0) is 6.42 Å². The van der Waals surface area contributed by atoms with Gasteiger partial charge in [0.2, 0.25) is 0 Å². The van der Waals surface area contributed by atoms with Crippen molar-refractivity contribution in [2.24, 2.45) is 5.92 Å². The number of rotatable bonds is 4. The number of nitrogens with zero attached hydrogens (tertiary/aromatic N) is 2. The van der Waals surface area contributed by atoms with Gasteiger partial charge in [-0.3, -0.25) is 0 Å². The van der Waals surface area contributed by atoms with Gasteiger partial charge in [-0.05, 0) is 44.4 Å². The van der Waals surface area contributed by atoms with Crippen molar-refractivity contribution >= 4 is 22.9 Å². The molecule has 1 atom stereocenters. The summed E-state index contributed by atoms with van der Waals surface area (Å²) in [4.78, 5) is 9.53. The number of pyridine rings is 2. The molecule has 28 heavy (non-hydrogen) atoms. The van der Waals surface area contributed by atoms with Crippen LogP contribution in [0.25, 0.3) is 5.57 Å². The zero-order chi connectivity index (χ0) is 19.7. The molecule has 4 heterocycles. The molecule has 6 heteroatoms. The second kappa shape index (κ2) is 7.80. The van der Waals surface area contributed by atoms with Crippen LogP contribution in [0.4, 0.5) is 17.3 Å². The zero-order valence-corrected chi connectivity index (χ0v) is 17.1. The molecule has 0 saturated carbocycles. The summed E-state index contributed by atoms with van der Waals surface area (Å²) < 4.78 is 6.02. The van der Waals surface area contributed by atoms with Crippen LogP contribution in [0.2, 0.25) is 0 Å². The van der Waals surface area contributed by atoms with Gasteiger partial charge in [-0.1, -0.05) is 13.0 Å². The molecule has 0 amide bonds. The third kappa shape index (κ3) is 3.69. The maximum Gasteiger partial charge on any atom is 0.148 e. The maximum absolute atomic E-state index is 6.02. The van der Waals surface area contributed by atoms with Crippen molar-refractivity contribution in [2.75, 3.05) is 37.4 Å². The van der Waals surface area contributed by atoms with Gasteiger partial charge in [0.1, 0.15) is 17.4 Å². The molecule has 0 bridgehead atoms. The summed E-state index contributed by atoms with van der Waals surface area (Å²) >= 11 is 0. The lowest BCUT2D eigenvalue weighted by Crippen LogP contribution is -2.18. The quantitative estimate of drug-likeness (QED) is 0.750. The third-order valence-electron chi connectivity index (χ3n) is 5.42. The Kier molecular flexibility index (Phi) is 5.22. The molecular formula is C22H29N5O. The highest BCUT2D eigenvalue weighted by Crippen LogP contribution is 2.41. The van der Waals surface area contributed by atoms with Gasteiger partial charge in [-0.15, -0.1) is 0 Å². The van der Waals surface area contributed by atoms with Crippen LogP contribution >= 0.6 is 0 Å². The molecule has 6 nitrogen and oxygen atoms in total. The Morgan fingerprint density at radius 1 is 1.21 bits per heavy atom. The van der Waals surface area contributed by atoms with E-state index < -0.39 is 0 Å². The highest BCUT2D eigenvalue weighted by molar-refractivity contribution is 5.79. The molecule has 0 saturated heterocycles. The van der Waals surface area contributed by atoms with Crippen molar-refractivity contribution < 1.29 is 4.74 Å². The number of hydrogen-bond donors (Lipinski definition) is 3. The smallest absolute Gasteiger partial charge is 0.148 e. The molecule has 0 fully saturated rings. The van der Waals surface area contributed by atoms with Crippen LogP contribution in [0.1, 0.15) is 35.9 Å². The molecule has 0 aliphatic carbocycles. The minimum atomic E-state index is 0.589. The SMILES string of the molecule is CNc1cc(C)nc(Nc2nc3c(c(C4=CCNC[C@H](C)C4)c2C)OCC3)c1. The molecule has 2 aromatic rings. The lowest BCUT2D eigenvalue weighted by molar-refractivity contribution is 0.355. The Hall–Kier alpha value is -2.60. The van der Waals surface area contributed by atoms with Crippen molar-refractivity contribution in [1.82, 2.24) is 15.3 Å². The highest BCUT2D eigenvalue weighted by atomic mass is 16.5. The predicted molar refractivity (Wildman–Crippen MR) is 115 cm³/mol. The summed E-state index contributed by atoms with van der Waals surface area (Å²) in [5, 5.41) is 10.1. The average molecular weight is 380 g/mol. The molecule has 2 aliphatic heterocycles. The summed E-state index contributed by atoms with van der Waals surface area (Å²) in [6.07, 6.45) is 4.20. The molecule has 2 aliphatic rings. The molecule has 0 aromatic carbocycles. The number of hydrogen-bond acceptors (Lipinski definition) is 6. The van der Waals surface area contributed by atoms with E-state index in [0.29, 0.717) is 12.5 Å². The highest BCUT2D eigenvalue weighted by Gasteiger charge is 2.26. The number of fused-ring (bicyclic) bond motifs is 1. The molecule has 4 rings (SSSR count). The topological polar surface area (TPSA) is 71.1 Å². The molecule has 2 aromatic heterocycles. The van der Waals surface area contributed by atoms with E-state index in [1.807, 2.05) is 26.1 Å². The lowest BCUT2D eigenvalue weighted by atomic mass is 9.92. The van der Waals surface area contributed by atoms with E-state index in [1.54, 1.807) is 0 Å². The molecule has 3 N–H and O–H groups in total. The Morgan fingerprint density at radius 2 is 2.07 bits per heavy atom. The van der Waals surface area contributed by atoms with Crippen LogP contribution < -0.4 is 20.7 Å². The first kappa shape index (κ1) is 18.7. The Bertz CT molecular complexity index is 922.